The number of anilines is 1. The number of nitrogens with two attached hydrogens (primary N) is 1. The van der Waals surface area contributed by atoms with Gasteiger partial charge in [-0.1, -0.05) is 0 Å². The molecule has 0 unspecified atom stereocenters. The predicted octanol–water partition coefficient (Wildman–Crippen LogP) is 1.00. The smallest absolute Gasteiger partial charge is 0.138 e. The summed E-state index contributed by atoms with van der Waals surface area (Å²) >= 11 is 0. The van der Waals surface area contributed by atoms with Crippen molar-refractivity contribution in [3.63, 3.8) is 0 Å². The van der Waals surface area contributed by atoms with Crippen LogP contribution in [0.3, 0.4) is 0 Å². The lowest BCUT2D eigenvalue weighted by Crippen LogP contribution is -2.29. The van der Waals surface area contributed by atoms with E-state index in [4.69, 9.17) is 5.73 Å². The number of fused-ring (bicyclic) bond motifs is 3. The molecular formula is C10H10N4. The van der Waals surface area contributed by atoms with Crippen LogP contribution in [0, 0.1) is 0 Å². The van der Waals surface area contributed by atoms with Gasteiger partial charge in [0.2, 0.25) is 0 Å². The second kappa shape index (κ2) is 2.57. The summed E-state index contributed by atoms with van der Waals surface area (Å²) in [6.07, 6.45) is 1.84. The first-order chi connectivity index (χ1) is 6.84. The van der Waals surface area contributed by atoms with E-state index in [0.717, 1.165) is 35.9 Å². The monoisotopic (exact) mass is 186 g/mol. The molecular weight excluding hydrogens is 176 g/mol. The van der Waals surface area contributed by atoms with E-state index >= 15 is 0 Å². The van der Waals surface area contributed by atoms with Gasteiger partial charge in [0.05, 0.1) is 18.6 Å². The number of nitrogen functional groups attached to an aromatic ring is 1. The van der Waals surface area contributed by atoms with Gasteiger partial charge in [0, 0.05) is 17.8 Å². The van der Waals surface area contributed by atoms with Gasteiger partial charge in [-0.2, -0.15) is 0 Å². The van der Waals surface area contributed by atoms with Gasteiger partial charge in [0.25, 0.3) is 0 Å². The van der Waals surface area contributed by atoms with E-state index in [1.165, 1.54) is 0 Å². The zero-order chi connectivity index (χ0) is 9.54. The van der Waals surface area contributed by atoms with Crippen LogP contribution >= 0.6 is 0 Å². The van der Waals surface area contributed by atoms with Crippen molar-refractivity contribution in [2.24, 2.45) is 9.98 Å². The molecule has 2 N–H and O–H groups in total. The molecule has 3 rings (SSSR count). The minimum absolute atomic E-state index is 0.760. The first-order valence-corrected chi connectivity index (χ1v) is 4.60. The third kappa shape index (κ3) is 0.937. The molecule has 4 heteroatoms. The second-order valence-electron chi connectivity index (χ2n) is 3.42. The van der Waals surface area contributed by atoms with Gasteiger partial charge in [-0.3, -0.25) is 4.99 Å². The molecule has 1 aromatic carbocycles. The molecule has 0 atom stereocenters. The standard InChI is InChI=1S/C10H10N4/c11-7-1-2-9-8(5-7)10-12-3-4-14(10)6-13-9/h1-2,5-6H,3-4,11H2. The lowest BCUT2D eigenvalue weighted by Gasteiger charge is -2.20. The molecule has 2 aliphatic heterocycles. The molecule has 0 saturated carbocycles. The van der Waals surface area contributed by atoms with Crippen LogP contribution in [0.15, 0.2) is 28.2 Å². The molecule has 1 aromatic rings. The molecule has 0 aliphatic carbocycles. The minimum atomic E-state index is 0.760. The summed E-state index contributed by atoms with van der Waals surface area (Å²) < 4.78 is 0. The van der Waals surface area contributed by atoms with E-state index in [0.29, 0.717) is 0 Å². The summed E-state index contributed by atoms with van der Waals surface area (Å²) in [7, 11) is 0. The molecule has 4 nitrogen and oxygen atoms in total. The van der Waals surface area contributed by atoms with E-state index in [1.807, 2.05) is 24.5 Å². The molecule has 0 fully saturated rings. The maximum atomic E-state index is 5.74. The summed E-state index contributed by atoms with van der Waals surface area (Å²) in [4.78, 5) is 10.8. The largest absolute Gasteiger partial charge is 0.399 e. The van der Waals surface area contributed by atoms with E-state index < -0.39 is 0 Å². The van der Waals surface area contributed by atoms with Crippen LogP contribution in [0.4, 0.5) is 11.4 Å². The zero-order valence-electron chi connectivity index (χ0n) is 7.64. The van der Waals surface area contributed by atoms with Crippen LogP contribution in [0.1, 0.15) is 5.56 Å². The Bertz CT molecular complexity index is 447. The minimum Gasteiger partial charge on any atom is -0.399 e. The highest BCUT2D eigenvalue weighted by Gasteiger charge is 2.22. The van der Waals surface area contributed by atoms with Crippen molar-refractivity contribution >= 4 is 23.5 Å². The summed E-state index contributed by atoms with van der Waals surface area (Å²) in [6.45, 7) is 1.77. The van der Waals surface area contributed by atoms with Crippen molar-refractivity contribution in [2.75, 3.05) is 18.8 Å². The fourth-order valence-electron chi connectivity index (χ4n) is 1.79. The normalized spacial score (nSPS) is 17.7. The highest BCUT2D eigenvalue weighted by molar-refractivity contribution is 6.11. The summed E-state index contributed by atoms with van der Waals surface area (Å²) in [5.41, 5.74) is 8.50. The van der Waals surface area contributed by atoms with E-state index in [2.05, 4.69) is 14.9 Å². The van der Waals surface area contributed by atoms with E-state index in [-0.39, 0.29) is 0 Å². The van der Waals surface area contributed by atoms with Crippen molar-refractivity contribution in [2.45, 2.75) is 0 Å². The average molecular weight is 186 g/mol. The van der Waals surface area contributed by atoms with Gasteiger partial charge in [-0.05, 0) is 18.2 Å². The molecule has 0 saturated heterocycles. The highest BCUT2D eigenvalue weighted by atomic mass is 15.3. The number of hydrogen-bond donors (Lipinski definition) is 1. The fourth-order valence-corrected chi connectivity index (χ4v) is 1.79. The molecule has 2 aliphatic rings. The Morgan fingerprint density at radius 1 is 1.36 bits per heavy atom. The van der Waals surface area contributed by atoms with Gasteiger partial charge < -0.3 is 10.6 Å². The molecule has 2 heterocycles. The number of benzene rings is 1. The Hall–Kier alpha value is -1.84. The average Bonchev–Trinajstić information content (AvgIpc) is 2.65. The Kier molecular flexibility index (Phi) is 1.39. The molecule has 0 spiro atoms. The van der Waals surface area contributed by atoms with E-state index in [9.17, 15) is 0 Å². The van der Waals surface area contributed by atoms with Gasteiger partial charge in [0.1, 0.15) is 5.84 Å². The van der Waals surface area contributed by atoms with Crippen molar-refractivity contribution in [3.05, 3.63) is 23.8 Å². The van der Waals surface area contributed by atoms with Crippen LogP contribution < -0.4 is 5.73 Å². The fraction of sp³-hybridized carbons (Fsp3) is 0.200. The third-order valence-electron chi connectivity index (χ3n) is 2.47. The van der Waals surface area contributed by atoms with E-state index in [1.54, 1.807) is 0 Å². The van der Waals surface area contributed by atoms with Gasteiger partial charge in [0.15, 0.2) is 0 Å². The van der Waals surface area contributed by atoms with Crippen LogP contribution in [-0.4, -0.2) is 30.2 Å². The lowest BCUT2D eigenvalue weighted by atomic mass is 10.1. The first kappa shape index (κ1) is 7.55. The quantitative estimate of drug-likeness (QED) is 0.614. The van der Waals surface area contributed by atoms with Gasteiger partial charge >= 0.3 is 0 Å². The topological polar surface area (TPSA) is 54.0 Å². The van der Waals surface area contributed by atoms with Gasteiger partial charge in [-0.15, -0.1) is 0 Å². The van der Waals surface area contributed by atoms with Crippen LogP contribution in [-0.2, 0) is 0 Å². The molecule has 14 heavy (non-hydrogen) atoms. The molecule has 0 aromatic heterocycles. The van der Waals surface area contributed by atoms with Crippen molar-refractivity contribution in [1.29, 1.82) is 0 Å². The van der Waals surface area contributed by atoms with Crippen LogP contribution in [0.5, 0.6) is 0 Å². The Morgan fingerprint density at radius 3 is 3.21 bits per heavy atom. The highest BCUT2D eigenvalue weighted by Crippen LogP contribution is 2.27. The summed E-state index contributed by atoms with van der Waals surface area (Å²) in [6, 6.07) is 5.73. The van der Waals surface area contributed by atoms with Crippen LogP contribution in [0.2, 0.25) is 0 Å². The van der Waals surface area contributed by atoms with Crippen molar-refractivity contribution < 1.29 is 0 Å². The second-order valence-corrected chi connectivity index (χ2v) is 3.42. The van der Waals surface area contributed by atoms with Crippen LogP contribution in [0.25, 0.3) is 0 Å². The Morgan fingerprint density at radius 2 is 2.29 bits per heavy atom. The number of rotatable bonds is 0. The summed E-state index contributed by atoms with van der Waals surface area (Å²) in [5, 5.41) is 0. The number of hydrogen-bond acceptors (Lipinski definition) is 4. The zero-order valence-corrected chi connectivity index (χ0v) is 7.64. The molecule has 0 radical (unpaired) electrons. The SMILES string of the molecule is Nc1ccc2c(c1)C1=NCCN1C=N2. The number of amidine groups is 1. The van der Waals surface area contributed by atoms with Crippen molar-refractivity contribution in [1.82, 2.24) is 4.90 Å². The maximum absolute atomic E-state index is 5.74. The number of nitrogens with zero attached hydrogens (tertiary/aromatic N) is 3. The molecule has 0 bridgehead atoms. The number of aliphatic imine (C=N–C) groups is 2. The third-order valence-corrected chi connectivity index (χ3v) is 2.47. The maximum Gasteiger partial charge on any atom is 0.138 e. The Balaban J connectivity index is 2.22. The lowest BCUT2D eigenvalue weighted by molar-refractivity contribution is 0.680. The van der Waals surface area contributed by atoms with Gasteiger partial charge in [-0.25, -0.2) is 4.99 Å². The predicted molar refractivity (Wildman–Crippen MR) is 57.1 cm³/mol. The summed E-state index contributed by atoms with van der Waals surface area (Å²) in [5.74, 6) is 1.00. The Labute approximate surface area is 81.8 Å². The molecule has 0 amide bonds. The first-order valence-electron chi connectivity index (χ1n) is 4.60. The molecule has 70 valence electrons. The van der Waals surface area contributed by atoms with Crippen molar-refractivity contribution in [3.8, 4) is 0 Å².